The number of benzene rings is 2. The maximum absolute atomic E-state index is 11.7. The molecule has 2 rings (SSSR count). The first-order chi connectivity index (χ1) is 12.1. The summed E-state index contributed by atoms with van der Waals surface area (Å²) in [6, 6.07) is 13.5. The van der Waals surface area contributed by atoms with Gasteiger partial charge in [-0.3, -0.25) is 14.9 Å². The summed E-state index contributed by atoms with van der Waals surface area (Å²) in [5.74, 6) is 0.192. The molecule has 0 saturated carbocycles. The molecule has 0 aliphatic heterocycles. The van der Waals surface area contributed by atoms with Crippen LogP contribution in [0, 0.1) is 10.1 Å². The highest BCUT2D eigenvalue weighted by Crippen LogP contribution is 2.13. The van der Waals surface area contributed by atoms with Gasteiger partial charge in [-0.05, 0) is 24.1 Å². The molecule has 1 amide bonds. The summed E-state index contributed by atoms with van der Waals surface area (Å²) in [5.41, 5.74) is 4.02. The molecule has 0 fully saturated rings. The lowest BCUT2D eigenvalue weighted by molar-refractivity contribution is -0.384. The quantitative estimate of drug-likeness (QED) is 0.453. The molecule has 130 valence electrons. The lowest BCUT2D eigenvalue weighted by atomic mass is 10.1. The van der Waals surface area contributed by atoms with E-state index in [1.807, 2.05) is 24.3 Å². The van der Waals surface area contributed by atoms with Crippen molar-refractivity contribution in [2.45, 2.75) is 19.8 Å². The monoisotopic (exact) mass is 341 g/mol. The Hall–Kier alpha value is -3.22. The number of hydrazone groups is 1. The fourth-order valence-corrected chi connectivity index (χ4v) is 2.12. The molecule has 7 heteroatoms. The number of hydrogen-bond acceptors (Lipinski definition) is 5. The van der Waals surface area contributed by atoms with E-state index in [2.05, 4.69) is 17.5 Å². The fraction of sp³-hybridized carbons (Fsp3) is 0.222. The van der Waals surface area contributed by atoms with E-state index in [0.29, 0.717) is 11.3 Å². The van der Waals surface area contributed by atoms with E-state index in [4.69, 9.17) is 4.74 Å². The lowest BCUT2D eigenvalue weighted by Gasteiger charge is -2.06. The summed E-state index contributed by atoms with van der Waals surface area (Å²) in [5, 5.41) is 14.5. The molecular weight excluding hydrogens is 322 g/mol. The topological polar surface area (TPSA) is 93.8 Å². The van der Waals surface area contributed by atoms with Crippen molar-refractivity contribution >= 4 is 17.8 Å². The van der Waals surface area contributed by atoms with Gasteiger partial charge in [-0.15, -0.1) is 0 Å². The molecule has 0 radical (unpaired) electrons. The van der Waals surface area contributed by atoms with E-state index < -0.39 is 10.8 Å². The number of nitro groups is 1. The van der Waals surface area contributed by atoms with Crippen molar-refractivity contribution in [2.75, 3.05) is 6.61 Å². The van der Waals surface area contributed by atoms with E-state index >= 15 is 0 Å². The summed E-state index contributed by atoms with van der Waals surface area (Å²) < 4.78 is 5.38. The Labute approximate surface area is 145 Å². The van der Waals surface area contributed by atoms with Crippen molar-refractivity contribution in [1.82, 2.24) is 5.43 Å². The van der Waals surface area contributed by atoms with Crippen molar-refractivity contribution in [3.63, 3.8) is 0 Å². The summed E-state index contributed by atoms with van der Waals surface area (Å²) >= 11 is 0. The SMILES string of the molecule is CCCc1ccc(OCC(=O)NN=Cc2cccc([N+](=O)[O-])c2)cc1. The van der Waals surface area contributed by atoms with Crippen LogP contribution in [0.25, 0.3) is 0 Å². The minimum absolute atomic E-state index is 0.0369. The summed E-state index contributed by atoms with van der Waals surface area (Å²) in [6.45, 7) is 1.95. The van der Waals surface area contributed by atoms with Gasteiger partial charge in [0.2, 0.25) is 0 Å². The Balaban J connectivity index is 1.80. The highest BCUT2D eigenvalue weighted by molar-refractivity contribution is 5.83. The van der Waals surface area contributed by atoms with Crippen molar-refractivity contribution in [3.8, 4) is 5.75 Å². The molecule has 1 N–H and O–H groups in total. The molecule has 0 saturated heterocycles. The van der Waals surface area contributed by atoms with E-state index in [0.717, 1.165) is 12.8 Å². The molecule has 0 aromatic heterocycles. The van der Waals surface area contributed by atoms with Crippen LogP contribution >= 0.6 is 0 Å². The predicted molar refractivity (Wildman–Crippen MR) is 94.8 cm³/mol. The summed E-state index contributed by atoms with van der Waals surface area (Å²) in [7, 11) is 0. The van der Waals surface area contributed by atoms with Crippen molar-refractivity contribution in [2.24, 2.45) is 5.10 Å². The van der Waals surface area contributed by atoms with Gasteiger partial charge in [0.05, 0.1) is 11.1 Å². The van der Waals surface area contributed by atoms with Crippen LogP contribution < -0.4 is 10.2 Å². The van der Waals surface area contributed by atoms with Gasteiger partial charge in [0.1, 0.15) is 5.75 Å². The molecule has 25 heavy (non-hydrogen) atoms. The van der Waals surface area contributed by atoms with Crippen LogP contribution in [-0.4, -0.2) is 23.7 Å². The van der Waals surface area contributed by atoms with Gasteiger partial charge in [0.25, 0.3) is 11.6 Å². The van der Waals surface area contributed by atoms with Crippen molar-refractivity contribution < 1.29 is 14.5 Å². The number of carbonyl (C=O) groups excluding carboxylic acids is 1. The van der Waals surface area contributed by atoms with Gasteiger partial charge < -0.3 is 4.74 Å². The summed E-state index contributed by atoms with van der Waals surface area (Å²) in [6.07, 6.45) is 3.42. The second-order valence-corrected chi connectivity index (χ2v) is 5.33. The van der Waals surface area contributed by atoms with Crippen LogP contribution in [0.1, 0.15) is 24.5 Å². The Morgan fingerprint density at radius 2 is 2.04 bits per heavy atom. The van der Waals surface area contributed by atoms with Crippen LogP contribution in [-0.2, 0) is 11.2 Å². The fourth-order valence-electron chi connectivity index (χ4n) is 2.12. The van der Waals surface area contributed by atoms with Gasteiger partial charge in [-0.1, -0.05) is 37.6 Å². The smallest absolute Gasteiger partial charge is 0.277 e. The Morgan fingerprint density at radius 3 is 2.72 bits per heavy atom. The first kappa shape index (κ1) is 18.1. The Morgan fingerprint density at radius 1 is 1.28 bits per heavy atom. The third kappa shape index (κ3) is 6.06. The number of amides is 1. The maximum Gasteiger partial charge on any atom is 0.277 e. The average molecular weight is 341 g/mol. The minimum atomic E-state index is -0.491. The average Bonchev–Trinajstić information content (AvgIpc) is 2.61. The van der Waals surface area contributed by atoms with E-state index in [9.17, 15) is 14.9 Å². The molecule has 0 atom stereocenters. The van der Waals surface area contributed by atoms with Crippen molar-refractivity contribution in [3.05, 3.63) is 69.8 Å². The van der Waals surface area contributed by atoms with Crippen LogP contribution in [0.15, 0.2) is 53.6 Å². The molecule has 2 aromatic carbocycles. The maximum atomic E-state index is 11.7. The molecule has 2 aromatic rings. The minimum Gasteiger partial charge on any atom is -0.484 e. The zero-order valence-corrected chi connectivity index (χ0v) is 13.8. The van der Waals surface area contributed by atoms with Gasteiger partial charge in [-0.2, -0.15) is 5.10 Å². The second-order valence-electron chi connectivity index (χ2n) is 5.33. The number of ether oxygens (including phenoxy) is 1. The zero-order chi connectivity index (χ0) is 18.1. The van der Waals surface area contributed by atoms with Gasteiger partial charge in [-0.25, -0.2) is 5.43 Å². The third-order valence-electron chi connectivity index (χ3n) is 3.32. The molecule has 0 aliphatic carbocycles. The molecule has 0 bridgehead atoms. The molecule has 0 aliphatic rings. The van der Waals surface area contributed by atoms with Crippen molar-refractivity contribution in [1.29, 1.82) is 0 Å². The zero-order valence-electron chi connectivity index (χ0n) is 13.8. The second kappa shape index (κ2) is 9.17. The normalized spacial score (nSPS) is 10.6. The number of nitro benzene ring substituents is 1. The number of carbonyl (C=O) groups is 1. The number of hydrogen-bond donors (Lipinski definition) is 1. The lowest BCUT2D eigenvalue weighted by Crippen LogP contribution is -2.24. The highest BCUT2D eigenvalue weighted by Gasteiger charge is 2.05. The predicted octanol–water partition coefficient (Wildman–Crippen LogP) is 3.08. The molecule has 0 unspecified atom stereocenters. The number of nitrogens with zero attached hydrogens (tertiary/aromatic N) is 2. The Kier molecular flexibility index (Phi) is 6.65. The van der Waals surface area contributed by atoms with E-state index in [1.165, 1.54) is 23.9 Å². The molecule has 7 nitrogen and oxygen atoms in total. The Bertz CT molecular complexity index is 757. The van der Waals surface area contributed by atoms with Crippen LogP contribution in [0.2, 0.25) is 0 Å². The van der Waals surface area contributed by atoms with Crippen LogP contribution in [0.3, 0.4) is 0 Å². The molecule has 0 heterocycles. The molecular formula is C18H19N3O4. The van der Waals surface area contributed by atoms with Crippen LogP contribution in [0.5, 0.6) is 5.75 Å². The van der Waals surface area contributed by atoms with Gasteiger partial charge >= 0.3 is 0 Å². The summed E-state index contributed by atoms with van der Waals surface area (Å²) in [4.78, 5) is 21.9. The number of aryl methyl sites for hydroxylation is 1. The van der Waals surface area contributed by atoms with E-state index in [-0.39, 0.29) is 12.3 Å². The first-order valence-corrected chi connectivity index (χ1v) is 7.86. The molecule has 0 spiro atoms. The van der Waals surface area contributed by atoms with Gasteiger partial charge in [0, 0.05) is 17.7 Å². The van der Waals surface area contributed by atoms with Gasteiger partial charge in [0.15, 0.2) is 6.61 Å². The number of rotatable bonds is 8. The largest absolute Gasteiger partial charge is 0.484 e. The van der Waals surface area contributed by atoms with E-state index in [1.54, 1.807) is 12.1 Å². The number of non-ortho nitro benzene ring substituents is 1. The third-order valence-corrected chi connectivity index (χ3v) is 3.32. The van der Waals surface area contributed by atoms with Crippen LogP contribution in [0.4, 0.5) is 5.69 Å². The first-order valence-electron chi connectivity index (χ1n) is 7.86. The highest BCUT2D eigenvalue weighted by atomic mass is 16.6. The standard InChI is InChI=1S/C18H19N3O4/c1-2-4-14-7-9-17(10-8-14)25-13-18(22)20-19-12-15-5-3-6-16(11-15)21(23)24/h3,5-12H,2,4,13H2,1H3,(H,20,22). The number of nitrogens with one attached hydrogen (secondary N) is 1.